The molecule has 0 aliphatic heterocycles. The first kappa shape index (κ1) is 13.3. The molecule has 0 aliphatic carbocycles. The minimum absolute atomic E-state index is 0.113. The SMILES string of the molecule is OC(CNc1ccc2nnnn2n1)c1c(F)cccc1F. The molecule has 1 unspecified atom stereocenters. The molecule has 0 radical (unpaired) electrons. The molecule has 0 spiro atoms. The summed E-state index contributed by atoms with van der Waals surface area (Å²) >= 11 is 0. The Hall–Kier alpha value is -2.68. The van der Waals surface area contributed by atoms with Crippen LogP contribution < -0.4 is 5.32 Å². The zero-order chi connectivity index (χ0) is 14.8. The number of aliphatic hydroxyl groups is 1. The number of hydrogen-bond acceptors (Lipinski definition) is 6. The van der Waals surface area contributed by atoms with Gasteiger partial charge >= 0.3 is 0 Å². The van der Waals surface area contributed by atoms with E-state index in [9.17, 15) is 13.9 Å². The molecule has 0 fully saturated rings. The summed E-state index contributed by atoms with van der Waals surface area (Å²) in [5.41, 5.74) is 0.0785. The smallest absolute Gasteiger partial charge is 0.200 e. The molecule has 0 aliphatic rings. The van der Waals surface area contributed by atoms with Gasteiger partial charge in [-0.3, -0.25) is 0 Å². The van der Waals surface area contributed by atoms with Crippen LogP contribution >= 0.6 is 0 Å². The van der Waals surface area contributed by atoms with Gasteiger partial charge in [0.15, 0.2) is 5.65 Å². The lowest BCUT2D eigenvalue weighted by molar-refractivity contribution is 0.181. The van der Waals surface area contributed by atoms with Gasteiger partial charge in [-0.2, -0.15) is 0 Å². The van der Waals surface area contributed by atoms with Crippen LogP contribution in [0.3, 0.4) is 0 Å². The molecule has 7 nitrogen and oxygen atoms in total. The number of hydrogen-bond donors (Lipinski definition) is 2. The summed E-state index contributed by atoms with van der Waals surface area (Å²) in [4.78, 5) is 0. The zero-order valence-electron chi connectivity index (χ0n) is 10.6. The van der Waals surface area contributed by atoms with Crippen LogP contribution in [0.15, 0.2) is 30.3 Å². The van der Waals surface area contributed by atoms with Crippen molar-refractivity contribution in [2.75, 3.05) is 11.9 Å². The van der Waals surface area contributed by atoms with Gasteiger partial charge in [-0.1, -0.05) is 6.07 Å². The second-order valence-corrected chi connectivity index (χ2v) is 4.28. The Morgan fingerprint density at radius 3 is 2.71 bits per heavy atom. The topological polar surface area (TPSA) is 88.2 Å². The second kappa shape index (κ2) is 5.37. The summed E-state index contributed by atoms with van der Waals surface area (Å²) in [6.45, 7) is -0.113. The molecule has 0 bridgehead atoms. The molecule has 2 heterocycles. The number of aliphatic hydroxyl groups excluding tert-OH is 1. The van der Waals surface area contributed by atoms with E-state index < -0.39 is 17.7 Å². The molecule has 2 aromatic heterocycles. The first-order valence-electron chi connectivity index (χ1n) is 6.06. The molecule has 0 amide bonds. The van der Waals surface area contributed by atoms with Crippen molar-refractivity contribution in [3.63, 3.8) is 0 Å². The number of nitrogens with zero attached hydrogens (tertiary/aromatic N) is 5. The normalized spacial score (nSPS) is 12.5. The highest BCUT2D eigenvalue weighted by molar-refractivity contribution is 5.42. The van der Waals surface area contributed by atoms with Crippen molar-refractivity contribution in [3.05, 3.63) is 47.5 Å². The van der Waals surface area contributed by atoms with Crippen LogP contribution in [0.4, 0.5) is 14.6 Å². The maximum absolute atomic E-state index is 13.5. The number of nitrogens with one attached hydrogen (secondary N) is 1. The van der Waals surface area contributed by atoms with Gasteiger partial charge in [0.05, 0.1) is 5.56 Å². The Labute approximate surface area is 117 Å². The van der Waals surface area contributed by atoms with Crippen molar-refractivity contribution < 1.29 is 13.9 Å². The first-order chi connectivity index (χ1) is 10.1. The Kier molecular flexibility index (Phi) is 3.40. The molecule has 9 heteroatoms. The lowest BCUT2D eigenvalue weighted by Gasteiger charge is -2.14. The van der Waals surface area contributed by atoms with E-state index in [0.717, 1.165) is 12.1 Å². The highest BCUT2D eigenvalue weighted by atomic mass is 19.1. The quantitative estimate of drug-likeness (QED) is 0.744. The molecule has 1 atom stereocenters. The minimum Gasteiger partial charge on any atom is -0.386 e. The first-order valence-corrected chi connectivity index (χ1v) is 6.06. The van der Waals surface area contributed by atoms with Gasteiger partial charge < -0.3 is 10.4 Å². The molecule has 0 saturated carbocycles. The van der Waals surface area contributed by atoms with Crippen molar-refractivity contribution in [1.82, 2.24) is 25.3 Å². The van der Waals surface area contributed by atoms with E-state index in [1.54, 1.807) is 12.1 Å². The van der Waals surface area contributed by atoms with E-state index in [2.05, 4.69) is 25.9 Å². The Morgan fingerprint density at radius 1 is 1.19 bits per heavy atom. The van der Waals surface area contributed by atoms with Gasteiger partial charge in [-0.05, 0) is 34.7 Å². The standard InChI is InChI=1S/C12H10F2N6O/c13-7-2-1-3-8(14)12(7)9(21)6-15-10-4-5-11-16-18-19-20(11)17-10/h1-5,9,21H,6H2,(H,15,17). The van der Waals surface area contributed by atoms with Gasteiger partial charge in [0.1, 0.15) is 23.6 Å². The van der Waals surface area contributed by atoms with Crippen molar-refractivity contribution in [1.29, 1.82) is 0 Å². The molecular weight excluding hydrogens is 282 g/mol. The van der Waals surface area contributed by atoms with Crippen molar-refractivity contribution >= 4 is 11.5 Å². The largest absolute Gasteiger partial charge is 0.386 e. The van der Waals surface area contributed by atoms with Crippen LogP contribution in [0.2, 0.25) is 0 Å². The van der Waals surface area contributed by atoms with E-state index >= 15 is 0 Å². The predicted octanol–water partition coefficient (Wildman–Crippen LogP) is 0.943. The number of rotatable bonds is 4. The van der Waals surface area contributed by atoms with Gasteiger partial charge in [-0.15, -0.1) is 14.8 Å². The number of aromatic nitrogens is 5. The Balaban J connectivity index is 1.74. The molecular formula is C12H10F2N6O. The number of fused-ring (bicyclic) bond motifs is 1. The number of tetrazole rings is 1. The van der Waals surface area contributed by atoms with Crippen molar-refractivity contribution in [2.45, 2.75) is 6.10 Å². The molecule has 108 valence electrons. The third-order valence-corrected chi connectivity index (χ3v) is 2.88. The Morgan fingerprint density at radius 2 is 1.95 bits per heavy atom. The predicted molar refractivity (Wildman–Crippen MR) is 68.4 cm³/mol. The summed E-state index contributed by atoms with van der Waals surface area (Å²) in [6.07, 6.45) is -1.35. The molecule has 3 aromatic rings. The van der Waals surface area contributed by atoms with Crippen LogP contribution in [-0.2, 0) is 0 Å². The lowest BCUT2D eigenvalue weighted by Crippen LogP contribution is -2.16. The number of halogens is 2. The highest BCUT2D eigenvalue weighted by Crippen LogP contribution is 2.20. The lowest BCUT2D eigenvalue weighted by atomic mass is 10.1. The van der Waals surface area contributed by atoms with Crippen LogP contribution in [-0.4, -0.2) is 36.9 Å². The van der Waals surface area contributed by atoms with Crippen molar-refractivity contribution in [2.24, 2.45) is 0 Å². The van der Waals surface area contributed by atoms with E-state index in [0.29, 0.717) is 11.5 Å². The molecule has 2 N–H and O–H groups in total. The molecule has 1 aromatic carbocycles. The van der Waals surface area contributed by atoms with Crippen LogP contribution in [0.1, 0.15) is 11.7 Å². The van der Waals surface area contributed by atoms with Gasteiger partial charge in [0, 0.05) is 6.54 Å². The van der Waals surface area contributed by atoms with Gasteiger partial charge in [0.2, 0.25) is 0 Å². The fourth-order valence-electron chi connectivity index (χ4n) is 1.88. The summed E-state index contributed by atoms with van der Waals surface area (Å²) in [5, 5.41) is 27.4. The van der Waals surface area contributed by atoms with Gasteiger partial charge in [-0.25, -0.2) is 8.78 Å². The third-order valence-electron chi connectivity index (χ3n) is 2.88. The second-order valence-electron chi connectivity index (χ2n) is 4.28. The van der Waals surface area contributed by atoms with Crippen LogP contribution in [0.25, 0.3) is 5.65 Å². The summed E-state index contributed by atoms with van der Waals surface area (Å²) < 4.78 is 28.2. The van der Waals surface area contributed by atoms with Crippen LogP contribution in [0, 0.1) is 11.6 Å². The number of anilines is 1. The van der Waals surface area contributed by atoms with E-state index in [4.69, 9.17) is 0 Å². The Bertz CT molecular complexity index is 757. The van der Waals surface area contributed by atoms with Gasteiger partial charge in [0.25, 0.3) is 0 Å². The summed E-state index contributed by atoms with van der Waals surface area (Å²) in [7, 11) is 0. The van der Waals surface area contributed by atoms with Crippen LogP contribution in [0.5, 0.6) is 0 Å². The zero-order valence-corrected chi connectivity index (χ0v) is 10.6. The van der Waals surface area contributed by atoms with E-state index in [1.165, 1.54) is 10.7 Å². The monoisotopic (exact) mass is 292 g/mol. The van der Waals surface area contributed by atoms with E-state index in [1.807, 2.05) is 0 Å². The average Bonchev–Trinajstić information content (AvgIpc) is 2.92. The minimum atomic E-state index is -1.35. The molecule has 0 saturated heterocycles. The fraction of sp³-hybridized carbons (Fsp3) is 0.167. The van der Waals surface area contributed by atoms with E-state index in [-0.39, 0.29) is 12.1 Å². The fourth-order valence-corrected chi connectivity index (χ4v) is 1.88. The maximum Gasteiger partial charge on any atom is 0.200 e. The van der Waals surface area contributed by atoms with Crippen molar-refractivity contribution in [3.8, 4) is 0 Å². The highest BCUT2D eigenvalue weighted by Gasteiger charge is 2.17. The maximum atomic E-state index is 13.5. The molecule has 3 rings (SSSR count). The average molecular weight is 292 g/mol. The third kappa shape index (κ3) is 2.63. The summed E-state index contributed by atoms with van der Waals surface area (Å²) in [5.74, 6) is -1.23. The summed E-state index contributed by atoms with van der Waals surface area (Å²) in [6, 6.07) is 6.63. The number of benzene rings is 1. The molecule has 21 heavy (non-hydrogen) atoms.